The lowest BCUT2D eigenvalue weighted by atomic mass is 9.89. The van der Waals surface area contributed by atoms with Crippen molar-refractivity contribution in [2.45, 2.75) is 32.1 Å². The summed E-state index contributed by atoms with van der Waals surface area (Å²) in [5.41, 5.74) is 0.665. The number of hydrogen-bond donors (Lipinski definition) is 1. The van der Waals surface area contributed by atoms with Crippen molar-refractivity contribution in [3.8, 4) is 0 Å². The summed E-state index contributed by atoms with van der Waals surface area (Å²) < 4.78 is 0. The van der Waals surface area contributed by atoms with E-state index in [1.165, 1.54) is 32.1 Å². The number of amides is 1. The molecule has 1 saturated carbocycles. The monoisotopic (exact) mass is 316 g/mol. The molecule has 2 fully saturated rings. The maximum Gasteiger partial charge on any atom is 0.252 e. The van der Waals surface area contributed by atoms with Crippen molar-refractivity contribution >= 4 is 11.7 Å². The van der Waals surface area contributed by atoms with Gasteiger partial charge in [0, 0.05) is 38.9 Å². The van der Waals surface area contributed by atoms with E-state index in [9.17, 15) is 4.79 Å². The second-order valence-electron chi connectivity index (χ2n) is 6.91. The minimum atomic E-state index is 0.00741. The lowest BCUT2D eigenvalue weighted by Gasteiger charge is -2.33. The molecule has 0 spiro atoms. The number of hydrogen-bond acceptors (Lipinski definition) is 4. The molecule has 1 aliphatic carbocycles. The van der Waals surface area contributed by atoms with Gasteiger partial charge in [-0.25, -0.2) is 4.98 Å². The lowest BCUT2D eigenvalue weighted by Crippen LogP contribution is -2.44. The van der Waals surface area contributed by atoms with Crippen molar-refractivity contribution in [2.24, 2.45) is 5.92 Å². The Bertz CT molecular complexity index is 502. The Kier molecular flexibility index (Phi) is 5.49. The molecule has 0 unspecified atom stereocenters. The van der Waals surface area contributed by atoms with Gasteiger partial charge in [0.15, 0.2) is 0 Å². The van der Waals surface area contributed by atoms with Crippen LogP contribution in [0.15, 0.2) is 18.3 Å². The van der Waals surface area contributed by atoms with Crippen LogP contribution in [0.25, 0.3) is 0 Å². The molecule has 0 bridgehead atoms. The van der Waals surface area contributed by atoms with Crippen molar-refractivity contribution in [3.05, 3.63) is 23.9 Å². The van der Waals surface area contributed by atoms with Gasteiger partial charge in [-0.3, -0.25) is 4.79 Å². The van der Waals surface area contributed by atoms with Crippen LogP contribution in [-0.2, 0) is 0 Å². The van der Waals surface area contributed by atoms with Crippen LogP contribution in [0.4, 0.5) is 5.82 Å². The van der Waals surface area contributed by atoms with Gasteiger partial charge in [-0.2, -0.15) is 0 Å². The number of carbonyl (C=O) groups excluding carboxylic acids is 1. The third kappa shape index (κ3) is 4.44. The molecule has 1 saturated heterocycles. The Labute approximate surface area is 139 Å². The van der Waals surface area contributed by atoms with Crippen molar-refractivity contribution in [1.29, 1.82) is 0 Å². The van der Waals surface area contributed by atoms with Crippen molar-refractivity contribution < 1.29 is 4.79 Å². The first-order valence-electron chi connectivity index (χ1n) is 8.90. The highest BCUT2D eigenvalue weighted by Gasteiger charge is 2.17. The van der Waals surface area contributed by atoms with E-state index in [1.54, 1.807) is 6.20 Å². The average molecular weight is 316 g/mol. The first kappa shape index (κ1) is 16.2. The number of rotatable bonds is 4. The number of carbonyl (C=O) groups is 1. The number of likely N-dealkylation sites (N-methyl/N-ethyl adjacent to an activating group) is 1. The van der Waals surface area contributed by atoms with E-state index >= 15 is 0 Å². The predicted octanol–water partition coefficient (Wildman–Crippen LogP) is 2.14. The maximum atomic E-state index is 12.2. The Hall–Kier alpha value is -1.62. The molecule has 1 aliphatic heterocycles. The van der Waals surface area contributed by atoms with Gasteiger partial charge in [0.1, 0.15) is 5.82 Å². The molecule has 1 amide bonds. The average Bonchev–Trinajstić information content (AvgIpc) is 2.61. The van der Waals surface area contributed by atoms with Gasteiger partial charge in [-0.05, 0) is 37.9 Å². The summed E-state index contributed by atoms with van der Waals surface area (Å²) in [7, 11) is 2.14. The molecule has 1 aromatic rings. The summed E-state index contributed by atoms with van der Waals surface area (Å²) in [5.74, 6) is 1.64. The minimum absolute atomic E-state index is 0.00741. The van der Waals surface area contributed by atoms with Gasteiger partial charge in [-0.15, -0.1) is 0 Å². The molecule has 0 atom stereocenters. The normalized spacial score (nSPS) is 20.5. The molecular formula is C18H28N4O. The predicted molar refractivity (Wildman–Crippen MR) is 92.9 cm³/mol. The molecule has 2 aliphatic rings. The van der Waals surface area contributed by atoms with E-state index in [-0.39, 0.29) is 5.91 Å². The highest BCUT2D eigenvalue weighted by molar-refractivity contribution is 5.94. The van der Waals surface area contributed by atoms with E-state index in [1.807, 2.05) is 12.1 Å². The maximum absolute atomic E-state index is 12.2. The van der Waals surface area contributed by atoms with Crippen molar-refractivity contribution in [1.82, 2.24) is 15.2 Å². The third-order valence-corrected chi connectivity index (χ3v) is 5.11. The molecule has 126 valence electrons. The van der Waals surface area contributed by atoms with Crippen molar-refractivity contribution in [3.63, 3.8) is 0 Å². The molecule has 1 aromatic heterocycles. The van der Waals surface area contributed by atoms with Crippen LogP contribution in [0, 0.1) is 5.92 Å². The van der Waals surface area contributed by atoms with Gasteiger partial charge in [0.25, 0.3) is 5.91 Å². The molecule has 3 rings (SSSR count). The van der Waals surface area contributed by atoms with Crippen LogP contribution >= 0.6 is 0 Å². The number of nitrogens with one attached hydrogen (secondary N) is 1. The van der Waals surface area contributed by atoms with Crippen LogP contribution in [-0.4, -0.2) is 55.6 Å². The van der Waals surface area contributed by atoms with Gasteiger partial charge < -0.3 is 15.1 Å². The SMILES string of the molecule is CN1CCN(c2ccc(C(=O)NCC3CCCCC3)cn2)CC1. The fraction of sp³-hybridized carbons (Fsp3) is 0.667. The Balaban J connectivity index is 1.50. The highest BCUT2D eigenvalue weighted by atomic mass is 16.1. The molecular weight excluding hydrogens is 288 g/mol. The van der Waals surface area contributed by atoms with E-state index in [0.717, 1.165) is 38.5 Å². The number of piperazine rings is 1. The fourth-order valence-electron chi connectivity index (χ4n) is 3.47. The zero-order valence-electron chi connectivity index (χ0n) is 14.1. The topological polar surface area (TPSA) is 48.5 Å². The van der Waals surface area contributed by atoms with Crippen LogP contribution in [0.2, 0.25) is 0 Å². The molecule has 1 N–H and O–H groups in total. The smallest absolute Gasteiger partial charge is 0.252 e. The van der Waals surface area contributed by atoms with E-state index < -0.39 is 0 Å². The van der Waals surface area contributed by atoms with Gasteiger partial charge >= 0.3 is 0 Å². The largest absolute Gasteiger partial charge is 0.354 e. The van der Waals surface area contributed by atoms with E-state index in [0.29, 0.717) is 11.5 Å². The number of anilines is 1. The molecule has 0 aromatic carbocycles. The minimum Gasteiger partial charge on any atom is -0.354 e. The lowest BCUT2D eigenvalue weighted by molar-refractivity contribution is 0.0943. The zero-order valence-corrected chi connectivity index (χ0v) is 14.1. The van der Waals surface area contributed by atoms with Crippen molar-refractivity contribution in [2.75, 3.05) is 44.7 Å². The molecule has 0 radical (unpaired) electrons. The van der Waals surface area contributed by atoms with E-state index in [2.05, 4.69) is 27.1 Å². The van der Waals surface area contributed by atoms with Gasteiger partial charge in [0.2, 0.25) is 0 Å². The van der Waals surface area contributed by atoms with Gasteiger partial charge in [0.05, 0.1) is 5.56 Å². The van der Waals surface area contributed by atoms with Crippen LogP contribution in [0.5, 0.6) is 0 Å². The Morgan fingerprint density at radius 3 is 2.57 bits per heavy atom. The first-order valence-corrected chi connectivity index (χ1v) is 8.90. The van der Waals surface area contributed by atoms with Crippen LogP contribution in [0.1, 0.15) is 42.5 Å². The first-order chi connectivity index (χ1) is 11.2. The molecule has 23 heavy (non-hydrogen) atoms. The number of nitrogens with zero attached hydrogens (tertiary/aromatic N) is 3. The van der Waals surface area contributed by atoms with Crippen LogP contribution in [0.3, 0.4) is 0 Å². The molecule has 5 heteroatoms. The molecule has 2 heterocycles. The Morgan fingerprint density at radius 1 is 1.17 bits per heavy atom. The summed E-state index contributed by atoms with van der Waals surface area (Å²) in [6.07, 6.45) is 8.18. The summed E-state index contributed by atoms with van der Waals surface area (Å²) in [5, 5.41) is 3.07. The summed E-state index contributed by atoms with van der Waals surface area (Å²) in [6.45, 7) is 4.92. The van der Waals surface area contributed by atoms with Gasteiger partial charge in [-0.1, -0.05) is 19.3 Å². The summed E-state index contributed by atoms with van der Waals surface area (Å²) in [4.78, 5) is 21.3. The summed E-state index contributed by atoms with van der Waals surface area (Å²) >= 11 is 0. The highest BCUT2D eigenvalue weighted by Crippen LogP contribution is 2.22. The second kappa shape index (κ2) is 7.77. The Morgan fingerprint density at radius 2 is 1.91 bits per heavy atom. The third-order valence-electron chi connectivity index (χ3n) is 5.11. The standard InChI is InChI=1S/C18H28N4O/c1-21-9-11-22(12-10-21)17-8-7-16(14-19-17)18(23)20-13-15-5-3-2-4-6-15/h7-8,14-15H,2-6,9-13H2,1H3,(H,20,23). The number of pyridine rings is 1. The number of aromatic nitrogens is 1. The second-order valence-corrected chi connectivity index (χ2v) is 6.91. The quantitative estimate of drug-likeness (QED) is 0.924. The van der Waals surface area contributed by atoms with Crippen LogP contribution < -0.4 is 10.2 Å². The summed E-state index contributed by atoms with van der Waals surface area (Å²) in [6, 6.07) is 3.87. The zero-order chi connectivity index (χ0) is 16.1. The van der Waals surface area contributed by atoms with E-state index in [4.69, 9.17) is 0 Å². The molecule has 5 nitrogen and oxygen atoms in total. The fourth-order valence-corrected chi connectivity index (χ4v) is 3.47.